The van der Waals surface area contributed by atoms with E-state index in [9.17, 15) is 18.4 Å². The van der Waals surface area contributed by atoms with Crippen molar-refractivity contribution in [3.63, 3.8) is 0 Å². The zero-order valence-corrected chi connectivity index (χ0v) is 19.9. The molecule has 1 aromatic heterocycles. The third-order valence-corrected chi connectivity index (χ3v) is 7.42. The Bertz CT molecular complexity index is 963. The first-order valence-electron chi connectivity index (χ1n) is 11.4. The number of nitrogens with zero attached hydrogens (tertiary/aromatic N) is 1. The standard InChI is InChI=1S/C24H33F2N3O2S/c1-4-18(30)11-16(14-28-22(31)23(27)7-9-24(25,26)10-8-23)12-21-29-19-6-5-17(15(2)3)13-20(19)32-21/h5-6,13,15-16H,4,7-12,14,27H2,1-3H3,(H,28,31)/t16-/m0/s1. The summed E-state index contributed by atoms with van der Waals surface area (Å²) < 4.78 is 28.1. The van der Waals surface area contributed by atoms with Crippen LogP contribution in [-0.2, 0) is 16.0 Å². The van der Waals surface area contributed by atoms with Crippen molar-refractivity contribution in [2.45, 2.75) is 83.1 Å². The summed E-state index contributed by atoms with van der Waals surface area (Å²) in [6.45, 7) is 6.39. The molecule has 1 atom stereocenters. The molecule has 0 spiro atoms. The molecule has 0 saturated heterocycles. The number of aromatic nitrogens is 1. The van der Waals surface area contributed by atoms with Gasteiger partial charge < -0.3 is 11.1 Å². The number of Topliss-reactive ketones (excluding diaryl/α,β-unsaturated/α-hetero) is 1. The molecular formula is C24H33F2N3O2S. The van der Waals surface area contributed by atoms with E-state index in [0.717, 1.165) is 15.2 Å². The fraction of sp³-hybridized carbons (Fsp3) is 0.625. The molecule has 2 aromatic rings. The number of carbonyl (C=O) groups is 2. The van der Waals surface area contributed by atoms with Crippen LogP contribution < -0.4 is 11.1 Å². The number of rotatable bonds is 9. The minimum Gasteiger partial charge on any atom is -0.354 e. The number of hydrogen-bond acceptors (Lipinski definition) is 5. The molecule has 0 aliphatic heterocycles. The molecule has 1 amide bonds. The van der Waals surface area contributed by atoms with Gasteiger partial charge in [0.25, 0.3) is 0 Å². The average Bonchev–Trinajstić information content (AvgIpc) is 3.15. The number of nitrogens with two attached hydrogens (primary N) is 1. The number of halogens is 2. The molecule has 1 heterocycles. The fourth-order valence-electron chi connectivity index (χ4n) is 4.07. The Morgan fingerprint density at radius 1 is 1.22 bits per heavy atom. The Balaban J connectivity index is 1.68. The highest BCUT2D eigenvalue weighted by Gasteiger charge is 2.45. The van der Waals surface area contributed by atoms with Gasteiger partial charge in [-0.25, -0.2) is 13.8 Å². The third-order valence-electron chi connectivity index (χ3n) is 6.37. The van der Waals surface area contributed by atoms with Crippen molar-refractivity contribution in [3.05, 3.63) is 28.8 Å². The van der Waals surface area contributed by atoms with Crippen LogP contribution in [-0.4, -0.2) is 34.7 Å². The second kappa shape index (κ2) is 9.91. The van der Waals surface area contributed by atoms with E-state index in [1.807, 2.05) is 13.0 Å². The summed E-state index contributed by atoms with van der Waals surface area (Å²) >= 11 is 1.61. The number of amides is 1. The van der Waals surface area contributed by atoms with Crippen LogP contribution >= 0.6 is 11.3 Å². The Labute approximate surface area is 192 Å². The molecule has 1 aliphatic carbocycles. The molecule has 3 N–H and O–H groups in total. The van der Waals surface area contributed by atoms with Crippen LogP contribution in [0.15, 0.2) is 18.2 Å². The van der Waals surface area contributed by atoms with Gasteiger partial charge in [-0.15, -0.1) is 11.3 Å². The highest BCUT2D eigenvalue weighted by atomic mass is 32.1. The van der Waals surface area contributed by atoms with E-state index >= 15 is 0 Å². The van der Waals surface area contributed by atoms with E-state index < -0.39 is 17.4 Å². The first-order valence-corrected chi connectivity index (χ1v) is 12.2. The quantitative estimate of drug-likeness (QED) is 0.548. The van der Waals surface area contributed by atoms with E-state index in [0.29, 0.717) is 25.2 Å². The molecule has 0 radical (unpaired) electrons. The van der Waals surface area contributed by atoms with Crippen LogP contribution in [0.4, 0.5) is 8.78 Å². The number of alkyl halides is 2. The van der Waals surface area contributed by atoms with E-state index in [-0.39, 0.29) is 43.9 Å². The number of nitrogens with one attached hydrogen (secondary N) is 1. The lowest BCUT2D eigenvalue weighted by molar-refractivity contribution is -0.131. The highest BCUT2D eigenvalue weighted by Crippen LogP contribution is 2.37. The van der Waals surface area contributed by atoms with Crippen molar-refractivity contribution in [2.24, 2.45) is 11.7 Å². The maximum atomic E-state index is 13.5. The Kier molecular flexibility index (Phi) is 7.65. The summed E-state index contributed by atoms with van der Waals surface area (Å²) in [5.74, 6) is -2.73. The van der Waals surface area contributed by atoms with Crippen molar-refractivity contribution in [1.82, 2.24) is 10.3 Å². The maximum Gasteiger partial charge on any atom is 0.248 e. The Morgan fingerprint density at radius 3 is 2.53 bits per heavy atom. The van der Waals surface area contributed by atoms with Crippen molar-refractivity contribution < 1.29 is 18.4 Å². The van der Waals surface area contributed by atoms with E-state index in [1.54, 1.807) is 11.3 Å². The molecule has 0 bridgehead atoms. The second-order valence-electron chi connectivity index (χ2n) is 9.38. The molecule has 0 unspecified atom stereocenters. The Hall–Kier alpha value is -1.93. The van der Waals surface area contributed by atoms with Gasteiger partial charge in [0.05, 0.1) is 20.8 Å². The number of benzene rings is 1. The predicted molar refractivity (Wildman–Crippen MR) is 124 cm³/mol. The predicted octanol–water partition coefficient (Wildman–Crippen LogP) is 4.97. The minimum absolute atomic E-state index is 0.0412. The molecule has 32 heavy (non-hydrogen) atoms. The molecule has 8 heteroatoms. The summed E-state index contributed by atoms with van der Waals surface area (Å²) in [4.78, 5) is 29.6. The zero-order chi connectivity index (χ0) is 23.5. The van der Waals surface area contributed by atoms with Gasteiger partial charge in [-0.1, -0.05) is 26.8 Å². The van der Waals surface area contributed by atoms with Crippen LogP contribution in [0.3, 0.4) is 0 Å². The molecule has 1 aromatic carbocycles. The van der Waals surface area contributed by atoms with Gasteiger partial charge in [-0.2, -0.15) is 0 Å². The van der Waals surface area contributed by atoms with Gasteiger partial charge in [0.1, 0.15) is 5.78 Å². The fourth-order valence-corrected chi connectivity index (χ4v) is 5.20. The van der Waals surface area contributed by atoms with Crippen molar-refractivity contribution >= 4 is 33.2 Å². The highest BCUT2D eigenvalue weighted by molar-refractivity contribution is 7.18. The summed E-state index contributed by atoms with van der Waals surface area (Å²) in [7, 11) is 0. The molecular weight excluding hydrogens is 432 g/mol. The maximum absolute atomic E-state index is 13.5. The summed E-state index contributed by atoms with van der Waals surface area (Å²) in [6, 6.07) is 6.27. The largest absolute Gasteiger partial charge is 0.354 e. The summed E-state index contributed by atoms with van der Waals surface area (Å²) in [6.07, 6.45) is 0.494. The second-order valence-corrected chi connectivity index (χ2v) is 10.5. The van der Waals surface area contributed by atoms with Crippen molar-refractivity contribution in [3.8, 4) is 0 Å². The SMILES string of the molecule is CCC(=O)C[C@H](CNC(=O)C1(N)CCC(F)(F)CC1)Cc1nc2ccc(C(C)C)cc2s1. The average molecular weight is 466 g/mol. The smallest absolute Gasteiger partial charge is 0.248 e. The Morgan fingerprint density at radius 2 is 1.91 bits per heavy atom. The van der Waals surface area contributed by atoms with Gasteiger partial charge in [-0.05, 0) is 42.4 Å². The summed E-state index contributed by atoms with van der Waals surface area (Å²) in [5.41, 5.74) is 7.07. The van der Waals surface area contributed by atoms with Gasteiger partial charge >= 0.3 is 0 Å². The van der Waals surface area contributed by atoms with Crippen LogP contribution in [0.5, 0.6) is 0 Å². The van der Waals surface area contributed by atoms with Gasteiger partial charge in [0.15, 0.2) is 0 Å². The van der Waals surface area contributed by atoms with Crippen LogP contribution in [0.25, 0.3) is 10.2 Å². The van der Waals surface area contributed by atoms with Crippen molar-refractivity contribution in [2.75, 3.05) is 6.54 Å². The van der Waals surface area contributed by atoms with Crippen molar-refractivity contribution in [1.29, 1.82) is 0 Å². The van der Waals surface area contributed by atoms with Crippen LogP contribution in [0, 0.1) is 5.92 Å². The monoisotopic (exact) mass is 465 g/mol. The molecule has 1 fully saturated rings. The normalized spacial score (nSPS) is 18.6. The molecule has 1 saturated carbocycles. The number of thiazole rings is 1. The molecule has 1 aliphatic rings. The van der Waals surface area contributed by atoms with Gasteiger partial charge in [-0.3, -0.25) is 9.59 Å². The van der Waals surface area contributed by atoms with Gasteiger partial charge in [0, 0.05) is 38.6 Å². The van der Waals surface area contributed by atoms with Crippen LogP contribution in [0.2, 0.25) is 0 Å². The summed E-state index contributed by atoms with van der Waals surface area (Å²) in [5, 5.41) is 3.76. The minimum atomic E-state index is -2.75. The lowest BCUT2D eigenvalue weighted by Gasteiger charge is -2.36. The molecule has 3 rings (SSSR count). The number of fused-ring (bicyclic) bond motifs is 1. The lowest BCUT2D eigenvalue weighted by Crippen LogP contribution is -2.57. The zero-order valence-electron chi connectivity index (χ0n) is 19.0. The van der Waals surface area contributed by atoms with Gasteiger partial charge in [0.2, 0.25) is 11.8 Å². The third kappa shape index (κ3) is 6.10. The van der Waals surface area contributed by atoms with E-state index in [1.165, 1.54) is 5.56 Å². The molecule has 5 nitrogen and oxygen atoms in total. The topological polar surface area (TPSA) is 85.1 Å². The molecule has 176 valence electrons. The van der Waals surface area contributed by atoms with Crippen LogP contribution in [0.1, 0.15) is 75.8 Å². The number of hydrogen-bond donors (Lipinski definition) is 2. The number of ketones is 1. The van der Waals surface area contributed by atoms with E-state index in [2.05, 4.69) is 31.3 Å². The lowest BCUT2D eigenvalue weighted by atomic mass is 9.80. The first kappa shape index (κ1) is 24.7. The first-order chi connectivity index (χ1) is 15.0. The number of carbonyl (C=O) groups excluding carboxylic acids is 2. The van der Waals surface area contributed by atoms with E-state index in [4.69, 9.17) is 10.7 Å².